The molecular weight excluding hydrogens is 366 g/mol. The minimum Gasteiger partial charge on any atom is -0.489 e. The van der Waals surface area contributed by atoms with E-state index in [-0.39, 0.29) is 12.1 Å². The zero-order valence-corrected chi connectivity index (χ0v) is 16.4. The van der Waals surface area contributed by atoms with Crippen LogP contribution in [0, 0.1) is 18.3 Å². The second-order valence-electron chi connectivity index (χ2n) is 6.74. The molecule has 1 atom stereocenters. The number of furan rings is 1. The van der Waals surface area contributed by atoms with Crippen molar-refractivity contribution in [2.75, 3.05) is 5.32 Å². The second-order valence-corrected chi connectivity index (χ2v) is 6.74. The van der Waals surface area contributed by atoms with E-state index >= 15 is 0 Å². The van der Waals surface area contributed by atoms with Gasteiger partial charge < -0.3 is 19.8 Å². The lowest BCUT2D eigenvalue weighted by Crippen LogP contribution is -2.31. The molecule has 0 aliphatic heterocycles. The molecule has 0 saturated heterocycles. The first-order valence-electron chi connectivity index (χ1n) is 9.35. The van der Waals surface area contributed by atoms with Gasteiger partial charge in [-0.2, -0.15) is 5.26 Å². The third kappa shape index (κ3) is 5.88. The molecule has 3 aromatic rings. The summed E-state index contributed by atoms with van der Waals surface area (Å²) < 4.78 is 11.3. The van der Waals surface area contributed by atoms with Crippen LogP contribution < -0.4 is 15.4 Å². The molecule has 0 saturated carbocycles. The number of carbonyl (C=O) groups is 1. The van der Waals surface area contributed by atoms with Gasteiger partial charge in [-0.25, -0.2) is 4.79 Å². The molecule has 3 rings (SSSR count). The first-order chi connectivity index (χ1) is 14.0. The highest BCUT2D eigenvalue weighted by Gasteiger charge is 2.12. The number of anilines is 1. The molecule has 1 aromatic heterocycles. The van der Waals surface area contributed by atoms with E-state index in [0.29, 0.717) is 24.5 Å². The summed E-state index contributed by atoms with van der Waals surface area (Å²) in [4.78, 5) is 12.3. The van der Waals surface area contributed by atoms with Crippen LogP contribution in [-0.2, 0) is 13.0 Å². The molecule has 1 heterocycles. The number of hydrogen-bond acceptors (Lipinski definition) is 4. The fourth-order valence-corrected chi connectivity index (χ4v) is 2.82. The number of ether oxygens (including phenoxy) is 1. The molecule has 29 heavy (non-hydrogen) atoms. The fourth-order valence-electron chi connectivity index (χ4n) is 2.82. The van der Waals surface area contributed by atoms with Crippen LogP contribution in [0.3, 0.4) is 0 Å². The van der Waals surface area contributed by atoms with Gasteiger partial charge >= 0.3 is 6.03 Å². The molecule has 6 heteroatoms. The van der Waals surface area contributed by atoms with Gasteiger partial charge in [-0.05, 0) is 61.4 Å². The molecular formula is C23H23N3O3. The summed E-state index contributed by atoms with van der Waals surface area (Å²) in [6, 6.07) is 20.2. The summed E-state index contributed by atoms with van der Waals surface area (Å²) in [6.45, 7) is 4.10. The van der Waals surface area contributed by atoms with Crippen molar-refractivity contribution in [1.29, 1.82) is 5.26 Å². The van der Waals surface area contributed by atoms with Gasteiger partial charge in [-0.15, -0.1) is 0 Å². The number of nitrogens with zero attached hydrogens (tertiary/aromatic N) is 1. The van der Waals surface area contributed by atoms with Crippen LogP contribution >= 0.6 is 0 Å². The van der Waals surface area contributed by atoms with Gasteiger partial charge in [0.15, 0.2) is 0 Å². The highest BCUT2D eigenvalue weighted by atomic mass is 16.5. The number of hydrogen-bond donors (Lipinski definition) is 2. The Morgan fingerprint density at radius 3 is 2.62 bits per heavy atom. The number of carbonyl (C=O) groups excluding carboxylic acids is 1. The largest absolute Gasteiger partial charge is 0.489 e. The van der Waals surface area contributed by atoms with Crippen molar-refractivity contribution in [2.24, 2.45) is 0 Å². The van der Waals surface area contributed by atoms with Crippen molar-refractivity contribution in [3.8, 4) is 11.8 Å². The van der Waals surface area contributed by atoms with Crippen molar-refractivity contribution in [3.63, 3.8) is 0 Å². The normalized spacial score (nSPS) is 11.3. The van der Waals surface area contributed by atoms with E-state index in [2.05, 4.69) is 16.7 Å². The summed E-state index contributed by atoms with van der Waals surface area (Å²) in [5.41, 5.74) is 2.56. The molecule has 0 radical (unpaired) electrons. The molecule has 2 N–H and O–H groups in total. The van der Waals surface area contributed by atoms with E-state index in [1.165, 1.54) is 0 Å². The third-order valence-corrected chi connectivity index (χ3v) is 4.33. The Hall–Kier alpha value is -3.72. The first kappa shape index (κ1) is 20.0. The standard InChI is InChI=1S/C23H23N3O3/c1-16-6-11-22(29-16)17(2)25-23(27)26-20-5-3-4-19(14-20)15-28-21-9-7-18(8-10-21)12-13-24/h3-11,14,17H,12,15H2,1-2H3,(H2,25,26,27). The Labute approximate surface area is 170 Å². The summed E-state index contributed by atoms with van der Waals surface area (Å²) in [7, 11) is 0. The average molecular weight is 389 g/mol. The SMILES string of the molecule is Cc1ccc(C(C)NC(=O)Nc2cccc(COc3ccc(CC#N)cc3)c2)o1. The molecule has 6 nitrogen and oxygen atoms in total. The Morgan fingerprint density at radius 1 is 1.14 bits per heavy atom. The number of rotatable bonds is 7. The maximum absolute atomic E-state index is 12.3. The van der Waals surface area contributed by atoms with Gasteiger partial charge in [0.2, 0.25) is 0 Å². The van der Waals surface area contributed by atoms with Crippen molar-refractivity contribution in [3.05, 3.63) is 83.3 Å². The van der Waals surface area contributed by atoms with Gasteiger partial charge in [-0.3, -0.25) is 0 Å². The molecule has 0 aliphatic rings. The zero-order valence-electron chi connectivity index (χ0n) is 16.4. The lowest BCUT2D eigenvalue weighted by molar-refractivity contribution is 0.247. The molecule has 2 amide bonds. The highest BCUT2D eigenvalue weighted by molar-refractivity contribution is 5.89. The lowest BCUT2D eigenvalue weighted by atomic mass is 10.1. The zero-order chi connectivity index (χ0) is 20.6. The van der Waals surface area contributed by atoms with Crippen LogP contribution in [0.4, 0.5) is 10.5 Å². The summed E-state index contributed by atoms with van der Waals surface area (Å²) in [5.74, 6) is 2.24. The third-order valence-electron chi connectivity index (χ3n) is 4.33. The number of nitriles is 1. The van der Waals surface area contributed by atoms with Gasteiger partial charge in [0.1, 0.15) is 23.9 Å². The minimum absolute atomic E-state index is 0.237. The Kier molecular flexibility index (Phi) is 6.54. The van der Waals surface area contributed by atoms with E-state index < -0.39 is 0 Å². The van der Waals surface area contributed by atoms with E-state index in [4.69, 9.17) is 14.4 Å². The number of nitrogens with one attached hydrogen (secondary N) is 2. The second kappa shape index (κ2) is 9.47. The molecule has 0 fully saturated rings. The molecule has 0 spiro atoms. The van der Waals surface area contributed by atoms with Crippen molar-refractivity contribution in [2.45, 2.75) is 32.9 Å². The van der Waals surface area contributed by atoms with Crippen molar-refractivity contribution >= 4 is 11.7 Å². The Balaban J connectivity index is 1.53. The van der Waals surface area contributed by atoms with Crippen LogP contribution in [0.1, 0.15) is 35.6 Å². The maximum atomic E-state index is 12.3. The smallest absolute Gasteiger partial charge is 0.319 e. The van der Waals surface area contributed by atoms with E-state index in [1.54, 1.807) is 0 Å². The van der Waals surface area contributed by atoms with Crippen molar-refractivity contribution in [1.82, 2.24) is 5.32 Å². The number of urea groups is 1. The molecule has 0 bridgehead atoms. The Morgan fingerprint density at radius 2 is 1.93 bits per heavy atom. The van der Waals surface area contributed by atoms with E-state index in [0.717, 1.165) is 22.6 Å². The monoisotopic (exact) mass is 389 g/mol. The van der Waals surface area contributed by atoms with Crippen LogP contribution in [0.2, 0.25) is 0 Å². The topological polar surface area (TPSA) is 87.3 Å². The number of aryl methyl sites for hydroxylation is 1. The highest BCUT2D eigenvalue weighted by Crippen LogP contribution is 2.18. The van der Waals surface area contributed by atoms with E-state index in [1.807, 2.05) is 74.5 Å². The van der Waals surface area contributed by atoms with Gasteiger partial charge in [0.05, 0.1) is 18.5 Å². The van der Waals surface area contributed by atoms with Gasteiger partial charge in [0.25, 0.3) is 0 Å². The van der Waals surface area contributed by atoms with Crippen LogP contribution in [-0.4, -0.2) is 6.03 Å². The summed E-state index contributed by atoms with van der Waals surface area (Å²) in [6.07, 6.45) is 0.383. The summed E-state index contributed by atoms with van der Waals surface area (Å²) in [5, 5.41) is 14.4. The molecule has 2 aromatic carbocycles. The number of amides is 2. The first-order valence-corrected chi connectivity index (χ1v) is 9.35. The van der Waals surface area contributed by atoms with Crippen molar-refractivity contribution < 1.29 is 13.9 Å². The van der Waals surface area contributed by atoms with Crippen LogP contribution in [0.15, 0.2) is 65.1 Å². The summed E-state index contributed by atoms with van der Waals surface area (Å²) >= 11 is 0. The quantitative estimate of drug-likeness (QED) is 0.587. The van der Waals surface area contributed by atoms with E-state index in [9.17, 15) is 4.79 Å². The fraction of sp³-hybridized carbons (Fsp3) is 0.217. The average Bonchev–Trinajstić information content (AvgIpc) is 3.14. The lowest BCUT2D eigenvalue weighted by Gasteiger charge is -2.13. The maximum Gasteiger partial charge on any atom is 0.319 e. The Bertz CT molecular complexity index is 1000. The van der Waals surface area contributed by atoms with Gasteiger partial charge in [0, 0.05) is 5.69 Å². The molecule has 1 unspecified atom stereocenters. The predicted octanol–water partition coefficient (Wildman–Crippen LogP) is 5.12. The predicted molar refractivity (Wildman–Crippen MR) is 111 cm³/mol. The number of benzene rings is 2. The minimum atomic E-state index is -0.308. The van der Waals surface area contributed by atoms with Crippen LogP contribution in [0.5, 0.6) is 5.75 Å². The van der Waals surface area contributed by atoms with Crippen LogP contribution in [0.25, 0.3) is 0 Å². The molecule has 148 valence electrons. The molecule has 0 aliphatic carbocycles. The van der Waals surface area contributed by atoms with Gasteiger partial charge in [-0.1, -0.05) is 24.3 Å².